The van der Waals surface area contributed by atoms with E-state index in [1.165, 1.54) is 16.5 Å². The van der Waals surface area contributed by atoms with E-state index in [0.717, 1.165) is 32.1 Å². The van der Waals surface area contributed by atoms with Crippen molar-refractivity contribution in [2.75, 3.05) is 4.90 Å². The van der Waals surface area contributed by atoms with Crippen molar-refractivity contribution in [1.29, 1.82) is 0 Å². The van der Waals surface area contributed by atoms with Gasteiger partial charge in [0, 0.05) is 11.5 Å². The molecule has 1 aromatic rings. The lowest BCUT2D eigenvalue weighted by molar-refractivity contribution is -0.194. The van der Waals surface area contributed by atoms with Crippen molar-refractivity contribution in [3.8, 4) is 5.75 Å². The van der Waals surface area contributed by atoms with Gasteiger partial charge in [-0.15, -0.1) is 0 Å². The van der Waals surface area contributed by atoms with Crippen LogP contribution < -0.4 is 4.90 Å². The molecule has 6 aliphatic rings. The maximum Gasteiger partial charge on any atom is 0.309 e. The van der Waals surface area contributed by atoms with Gasteiger partial charge in [-0.25, -0.2) is 4.90 Å². The minimum atomic E-state index is -0.752. The Labute approximate surface area is 212 Å². The van der Waals surface area contributed by atoms with Crippen LogP contribution in [0.25, 0.3) is 0 Å². The summed E-state index contributed by atoms with van der Waals surface area (Å²) in [6.07, 6.45) is 7.30. The average molecular weight is 492 g/mol. The fraction of sp³-hybridized carbons (Fsp3) is 0.633. The number of imide groups is 1. The quantitative estimate of drug-likeness (QED) is 0.436. The predicted octanol–water partition coefficient (Wildman–Crippen LogP) is 5.41. The van der Waals surface area contributed by atoms with Crippen LogP contribution in [-0.4, -0.2) is 28.0 Å². The normalized spacial score (nSPS) is 43.2. The second-order valence-corrected chi connectivity index (χ2v) is 13.0. The molecular formula is C30H37NO5. The number of aliphatic carboxylic acids is 1. The molecule has 7 rings (SSSR count). The van der Waals surface area contributed by atoms with Crippen LogP contribution in [0.3, 0.4) is 0 Å². The molecule has 6 nitrogen and oxygen atoms in total. The Balaban J connectivity index is 1.50. The zero-order valence-electron chi connectivity index (χ0n) is 21.7. The highest BCUT2D eigenvalue weighted by Crippen LogP contribution is 2.74. The number of hydrogen-bond donors (Lipinski definition) is 2. The van der Waals surface area contributed by atoms with E-state index in [-0.39, 0.29) is 52.6 Å². The molecule has 8 atom stereocenters. The lowest BCUT2D eigenvalue weighted by atomic mass is 9.34. The first-order valence-electron chi connectivity index (χ1n) is 13.6. The van der Waals surface area contributed by atoms with Crippen LogP contribution in [0.1, 0.15) is 66.2 Å². The predicted molar refractivity (Wildman–Crippen MR) is 135 cm³/mol. The summed E-state index contributed by atoms with van der Waals surface area (Å²) in [5, 5.41) is 20.3. The van der Waals surface area contributed by atoms with Crippen molar-refractivity contribution in [2.24, 2.45) is 51.8 Å². The number of carboxylic acids is 1. The summed E-state index contributed by atoms with van der Waals surface area (Å²) in [6.45, 7) is 8.58. The summed E-state index contributed by atoms with van der Waals surface area (Å²) in [4.78, 5) is 42.0. The molecular weight excluding hydrogens is 454 g/mol. The molecule has 0 unspecified atom stereocenters. The number of benzene rings is 1. The van der Waals surface area contributed by atoms with Crippen molar-refractivity contribution in [1.82, 2.24) is 0 Å². The second kappa shape index (κ2) is 7.45. The van der Waals surface area contributed by atoms with Crippen LogP contribution in [0.5, 0.6) is 5.75 Å². The standard InChI is InChI=1S/C30H37NO5/c1-16(2)20-15-30-12-9-21-28(3,10-6-11-29(21,4)27(35)36)22(30)14-19(20)23-24(30)26(34)31(25(23)33)17-7-5-8-18(32)13-17/h5,7-8,13,15-16,19,21-24,32H,6,9-12,14H2,1-4H3,(H,35,36)/t19-,21-,22+,23-,24+,28+,29-,30+/m1/s1. The zero-order chi connectivity index (χ0) is 25.8. The SMILES string of the molecule is CC(C)C1=C[C@@]23CC[C@@H]4[C@](C)(CCC[C@@]4(C)C(=O)O)[C@@H]2C[C@H]1[C@H]1C(=O)N(c2cccc(O)c2)C(=O)[C@H]13. The number of aromatic hydroxyl groups is 1. The number of carboxylic acid groups (broad SMARTS) is 1. The van der Waals surface area contributed by atoms with Gasteiger partial charge < -0.3 is 10.2 Å². The van der Waals surface area contributed by atoms with Crippen molar-refractivity contribution in [3.63, 3.8) is 0 Å². The number of phenolic OH excluding ortho intramolecular Hbond substituents is 1. The molecule has 2 amide bonds. The number of fused-ring (bicyclic) bond motifs is 1. The van der Waals surface area contributed by atoms with E-state index in [1.807, 2.05) is 6.92 Å². The number of hydrogen-bond acceptors (Lipinski definition) is 4. The Morgan fingerprint density at radius 2 is 1.83 bits per heavy atom. The van der Waals surface area contributed by atoms with E-state index < -0.39 is 22.7 Å². The topological polar surface area (TPSA) is 94.9 Å². The van der Waals surface area contributed by atoms with Gasteiger partial charge in [0.1, 0.15) is 5.75 Å². The molecule has 192 valence electrons. The zero-order valence-corrected chi connectivity index (χ0v) is 21.7. The van der Waals surface area contributed by atoms with E-state index in [0.29, 0.717) is 12.1 Å². The lowest BCUT2D eigenvalue weighted by Gasteiger charge is -2.68. The number of amides is 2. The molecule has 1 spiro atoms. The highest BCUT2D eigenvalue weighted by Gasteiger charge is 2.73. The molecule has 1 heterocycles. The third-order valence-corrected chi connectivity index (χ3v) is 11.2. The van der Waals surface area contributed by atoms with Crippen LogP contribution in [0.15, 0.2) is 35.9 Å². The van der Waals surface area contributed by atoms with Crippen molar-refractivity contribution < 1.29 is 24.6 Å². The van der Waals surface area contributed by atoms with Gasteiger partial charge in [0.05, 0.1) is 22.9 Å². The maximum absolute atomic E-state index is 14.2. The molecule has 36 heavy (non-hydrogen) atoms. The molecule has 1 saturated heterocycles. The largest absolute Gasteiger partial charge is 0.508 e. The fourth-order valence-electron chi connectivity index (χ4n) is 9.84. The maximum atomic E-state index is 14.2. The number of anilines is 1. The summed E-state index contributed by atoms with van der Waals surface area (Å²) < 4.78 is 0. The van der Waals surface area contributed by atoms with Gasteiger partial charge in [-0.1, -0.05) is 44.9 Å². The summed E-state index contributed by atoms with van der Waals surface area (Å²) >= 11 is 0. The molecule has 0 aromatic heterocycles. The van der Waals surface area contributed by atoms with Gasteiger partial charge in [-0.2, -0.15) is 0 Å². The van der Waals surface area contributed by atoms with Crippen molar-refractivity contribution in [3.05, 3.63) is 35.9 Å². The third kappa shape index (κ3) is 2.76. The third-order valence-electron chi connectivity index (χ3n) is 11.2. The van der Waals surface area contributed by atoms with Gasteiger partial charge >= 0.3 is 5.97 Å². The summed E-state index contributed by atoms with van der Waals surface area (Å²) in [6, 6.07) is 6.43. The lowest BCUT2D eigenvalue weighted by Crippen LogP contribution is -2.65. The van der Waals surface area contributed by atoms with E-state index in [9.17, 15) is 24.6 Å². The first kappa shape index (κ1) is 23.7. The number of nitrogens with zero attached hydrogens (tertiary/aromatic N) is 1. The number of carbonyl (C=O) groups excluding carboxylic acids is 2. The minimum absolute atomic E-state index is 0.00535. The Kier molecular flexibility index (Phi) is 4.92. The molecule has 1 aromatic carbocycles. The Morgan fingerprint density at radius 3 is 2.50 bits per heavy atom. The first-order chi connectivity index (χ1) is 17.0. The Hall–Kier alpha value is -2.63. The van der Waals surface area contributed by atoms with Gasteiger partial charge in [-0.05, 0) is 80.2 Å². The Morgan fingerprint density at radius 1 is 1.08 bits per heavy atom. The number of phenols is 1. The van der Waals surface area contributed by atoms with E-state index in [4.69, 9.17) is 0 Å². The molecule has 0 radical (unpaired) electrons. The monoisotopic (exact) mass is 491 g/mol. The van der Waals surface area contributed by atoms with Crippen LogP contribution in [0.2, 0.25) is 0 Å². The van der Waals surface area contributed by atoms with Crippen LogP contribution in [0, 0.1) is 51.8 Å². The van der Waals surface area contributed by atoms with Crippen molar-refractivity contribution in [2.45, 2.75) is 66.2 Å². The molecule has 1 aliphatic heterocycles. The molecule has 2 bridgehead atoms. The molecule has 4 fully saturated rings. The number of rotatable bonds is 3. The first-order valence-corrected chi connectivity index (χ1v) is 13.6. The van der Waals surface area contributed by atoms with E-state index in [1.54, 1.807) is 18.2 Å². The average Bonchev–Trinajstić information content (AvgIpc) is 3.10. The molecule has 6 heteroatoms. The number of carbonyl (C=O) groups is 3. The van der Waals surface area contributed by atoms with Gasteiger partial charge in [0.25, 0.3) is 0 Å². The Bertz CT molecular complexity index is 1200. The van der Waals surface area contributed by atoms with Gasteiger partial charge in [0.15, 0.2) is 0 Å². The molecule has 2 N–H and O–H groups in total. The highest BCUT2D eigenvalue weighted by molar-refractivity contribution is 6.23. The van der Waals surface area contributed by atoms with Gasteiger partial charge in [-0.3, -0.25) is 14.4 Å². The summed E-state index contributed by atoms with van der Waals surface area (Å²) in [7, 11) is 0. The van der Waals surface area contributed by atoms with Crippen LogP contribution in [-0.2, 0) is 14.4 Å². The highest BCUT2D eigenvalue weighted by atomic mass is 16.4. The molecule has 5 aliphatic carbocycles. The number of allylic oxidation sites excluding steroid dienone is 2. The summed E-state index contributed by atoms with van der Waals surface area (Å²) in [5.41, 5.74) is 0.366. The van der Waals surface area contributed by atoms with Crippen LogP contribution in [0.4, 0.5) is 5.69 Å². The van der Waals surface area contributed by atoms with Crippen molar-refractivity contribution >= 4 is 23.5 Å². The minimum Gasteiger partial charge on any atom is -0.508 e. The smallest absolute Gasteiger partial charge is 0.309 e. The summed E-state index contributed by atoms with van der Waals surface area (Å²) in [5.74, 6) is -1.24. The van der Waals surface area contributed by atoms with E-state index >= 15 is 0 Å². The fourth-order valence-corrected chi connectivity index (χ4v) is 9.84. The van der Waals surface area contributed by atoms with Gasteiger partial charge in [0.2, 0.25) is 11.8 Å². The van der Waals surface area contributed by atoms with E-state index in [2.05, 4.69) is 26.8 Å². The van der Waals surface area contributed by atoms with Crippen LogP contribution >= 0.6 is 0 Å². The molecule has 3 saturated carbocycles. The second-order valence-electron chi connectivity index (χ2n) is 13.0.